The Morgan fingerprint density at radius 3 is 1.91 bits per heavy atom. The summed E-state index contributed by atoms with van der Waals surface area (Å²) in [5, 5.41) is 50.3. The molecule has 31 heteroatoms. The van der Waals surface area contributed by atoms with Crippen LogP contribution in [0.3, 0.4) is 0 Å². The number of likely N-dealkylation sites (tertiary alicyclic amines) is 1. The Hall–Kier alpha value is -8.07. The molecule has 2 aromatic rings. The van der Waals surface area contributed by atoms with Gasteiger partial charge >= 0.3 is 12.1 Å². The number of carbonyl (C=O) groups excluding carboxylic acids is 11. The largest absolute Gasteiger partial charge is 0.445 e. The predicted octanol–water partition coefficient (Wildman–Crippen LogP) is 1.18. The molecule has 2 aromatic carbocycles. The van der Waals surface area contributed by atoms with E-state index in [1.807, 2.05) is 32.0 Å². The second kappa shape index (κ2) is 41.1. The number of anilines is 1. The molecule has 2 saturated heterocycles. The van der Waals surface area contributed by atoms with Crippen LogP contribution in [0.1, 0.15) is 144 Å². The molecule has 2 aliphatic rings. The van der Waals surface area contributed by atoms with Crippen LogP contribution < -0.4 is 54.4 Å². The van der Waals surface area contributed by atoms with Gasteiger partial charge in [-0.05, 0) is 86.0 Å². The number of ether oxygens (including phenoxy) is 4. The van der Waals surface area contributed by atoms with Gasteiger partial charge in [0.1, 0.15) is 49.1 Å². The summed E-state index contributed by atoms with van der Waals surface area (Å²) in [5.41, 5.74) is 18.0. The number of primary amides is 2. The van der Waals surface area contributed by atoms with Crippen LogP contribution in [0.25, 0.3) is 0 Å². The molecule has 566 valence electrons. The number of hydrogen-bond acceptors (Lipinski definition) is 19. The van der Waals surface area contributed by atoms with E-state index in [-0.39, 0.29) is 81.6 Å². The molecule has 2 aliphatic heterocycles. The highest BCUT2D eigenvalue weighted by molar-refractivity contribution is 5.99. The van der Waals surface area contributed by atoms with E-state index in [0.717, 1.165) is 4.90 Å². The Bertz CT molecular complexity index is 3060. The minimum atomic E-state index is -1.40. The molecular weight excluding hydrogens is 1310 g/mol. The Morgan fingerprint density at radius 2 is 1.34 bits per heavy atom. The van der Waals surface area contributed by atoms with Crippen molar-refractivity contribution in [3.63, 3.8) is 0 Å². The van der Waals surface area contributed by atoms with Crippen molar-refractivity contribution < 1.29 is 87.0 Å². The van der Waals surface area contributed by atoms with Gasteiger partial charge in [-0.15, -0.1) is 0 Å². The van der Waals surface area contributed by atoms with Gasteiger partial charge < -0.3 is 98.5 Å². The summed E-state index contributed by atoms with van der Waals surface area (Å²) >= 11 is 0. The number of nitrogens with two attached hydrogens (primary N) is 3. The maximum Gasteiger partial charge on any atom is 0.410 e. The summed E-state index contributed by atoms with van der Waals surface area (Å²) in [4.78, 5) is 152. The highest BCUT2D eigenvalue weighted by Gasteiger charge is 2.46. The van der Waals surface area contributed by atoms with Crippen LogP contribution in [0.4, 0.5) is 15.3 Å². The Kier molecular flexibility index (Phi) is 34.8. The molecule has 0 aliphatic carbocycles. The SMILES string of the molecule is CC[C@H](C)[C@@H]([C@@H](CC(=O)N1CCC[C@H]1[C@H](OC)[C@@H](C)C(=O)N[C@H](C)[C@@H](O)c1ccccc1)OC)N(C)C(=O)[C@@H](NC(=O)[C@H](C(C)C)N(C)C(=O)OCc1ccc(NC(=O)[C@H](CCCNC(N)=O)NC(=O)[C@@H](NC(=O)[C@@H](N)CCC(=O)NC[C@@H]2O[C@H](CC(N)=O)[C@@H](O)[C@H]2O)C(C)C)cc1)C(C)C. The lowest BCUT2D eigenvalue weighted by atomic mass is 9.89. The van der Waals surface area contributed by atoms with Crippen molar-refractivity contribution in [2.75, 3.05) is 53.3 Å². The second-order valence-corrected chi connectivity index (χ2v) is 27.6. The number of benzene rings is 2. The number of nitrogens with one attached hydrogen (secondary N) is 7. The van der Waals surface area contributed by atoms with Gasteiger partial charge in [0, 0.05) is 60.1 Å². The van der Waals surface area contributed by atoms with Crippen molar-refractivity contribution >= 4 is 71.0 Å². The monoisotopic (exact) mass is 1420 g/mol. The van der Waals surface area contributed by atoms with Crippen molar-refractivity contribution in [1.82, 2.24) is 46.6 Å². The molecule has 2 heterocycles. The van der Waals surface area contributed by atoms with Crippen LogP contribution in [0, 0.1) is 29.6 Å². The lowest BCUT2D eigenvalue weighted by molar-refractivity contribution is -0.148. The second-order valence-electron chi connectivity index (χ2n) is 27.6. The summed E-state index contributed by atoms with van der Waals surface area (Å²) in [6, 6.07) is 6.87. The van der Waals surface area contributed by atoms with Gasteiger partial charge in [-0.3, -0.25) is 48.1 Å². The molecule has 12 amide bonds. The van der Waals surface area contributed by atoms with Crippen molar-refractivity contribution in [1.29, 1.82) is 0 Å². The molecule has 0 unspecified atom stereocenters. The van der Waals surface area contributed by atoms with Crippen molar-refractivity contribution in [2.45, 2.75) is 225 Å². The molecule has 0 aromatic heterocycles. The molecule has 0 bridgehead atoms. The number of likely N-dealkylation sites (N-methyl/N-ethyl adjacent to an activating group) is 2. The predicted molar refractivity (Wildman–Crippen MR) is 374 cm³/mol. The van der Waals surface area contributed by atoms with Gasteiger partial charge in [0.25, 0.3) is 0 Å². The van der Waals surface area contributed by atoms with Gasteiger partial charge in [-0.2, -0.15) is 0 Å². The van der Waals surface area contributed by atoms with Crippen LogP contribution in [0.5, 0.6) is 0 Å². The first kappa shape index (κ1) is 85.3. The average Bonchev–Trinajstić information content (AvgIpc) is 1.28. The highest BCUT2D eigenvalue weighted by Crippen LogP contribution is 2.31. The smallest absolute Gasteiger partial charge is 0.410 e. The zero-order valence-corrected chi connectivity index (χ0v) is 61.0. The van der Waals surface area contributed by atoms with Crippen LogP contribution in [0.2, 0.25) is 0 Å². The number of rotatable bonds is 40. The van der Waals surface area contributed by atoms with Crippen LogP contribution in [-0.4, -0.2) is 228 Å². The maximum absolute atomic E-state index is 14.8. The Labute approximate surface area is 592 Å². The third-order valence-corrected chi connectivity index (χ3v) is 18.9. The lowest BCUT2D eigenvalue weighted by Crippen LogP contribution is -2.60. The number of aliphatic hydroxyl groups is 3. The number of methoxy groups -OCH3 is 2. The molecular formula is C70H113N13O18. The molecule has 16 N–H and O–H groups in total. The van der Waals surface area contributed by atoms with E-state index in [0.29, 0.717) is 36.9 Å². The van der Waals surface area contributed by atoms with E-state index in [1.165, 1.54) is 38.3 Å². The third-order valence-electron chi connectivity index (χ3n) is 18.9. The van der Waals surface area contributed by atoms with Gasteiger partial charge in [-0.25, -0.2) is 9.59 Å². The summed E-state index contributed by atoms with van der Waals surface area (Å²) in [6.07, 6.45) is -6.97. The fraction of sp³-hybridized carbons (Fsp3) is 0.671. The number of urea groups is 1. The maximum atomic E-state index is 14.8. The Balaban J connectivity index is 1.37. The van der Waals surface area contributed by atoms with Gasteiger partial charge in [0.2, 0.25) is 53.2 Å². The standard InChI is InChI=1S/C70H113N13O18/c1-15-40(8)58(49(98-13)34-54(86)83-32-20-24-48(83)62(99-14)41(9)63(90)76-42(10)59(87)44-21-17-16-18-22-44)81(11)68(95)56(38(4)5)80-67(94)57(39(6)7)82(12)70(97)100-36-43-25-27-45(28-26-43)77-65(92)47(23-19-31-74-69(73)96)78-66(93)55(37(2)3)79-64(91)46(71)29-30-53(85)75-35-51-61(89)60(88)50(101-51)33-52(72)84/h16-18,21-22,25-28,37-42,46-51,55-62,87-89H,15,19-20,23-24,29-36,71H2,1-14H3,(H2,72,84)(H,75,85)(H,76,90)(H,77,92)(H,78,93)(H,79,91)(H,80,94)(H3,73,74,96)/t40-,41+,42+,46-,47-,48-,49+,50+,51-,55-,56-,57-,58-,59+,60+,61-,62+/m0/s1. The molecule has 17 atom stereocenters. The minimum Gasteiger partial charge on any atom is -0.445 e. The molecule has 0 spiro atoms. The summed E-state index contributed by atoms with van der Waals surface area (Å²) in [6.45, 7) is 17.8. The third kappa shape index (κ3) is 25.2. The van der Waals surface area contributed by atoms with Crippen molar-refractivity contribution in [3.05, 3.63) is 65.7 Å². The first-order valence-electron chi connectivity index (χ1n) is 34.8. The normalized spacial score (nSPS) is 20.3. The number of aliphatic hydroxyl groups excluding tert-OH is 3. The van der Waals surface area contributed by atoms with Gasteiger partial charge in [-0.1, -0.05) is 111 Å². The summed E-state index contributed by atoms with van der Waals surface area (Å²) in [5.74, 6) is -7.46. The van der Waals surface area contributed by atoms with Gasteiger partial charge in [0.05, 0.1) is 67.3 Å². The number of nitrogens with zero attached hydrogens (tertiary/aromatic N) is 3. The molecule has 2 fully saturated rings. The van der Waals surface area contributed by atoms with Crippen LogP contribution >= 0.6 is 0 Å². The zero-order chi connectivity index (χ0) is 75.7. The fourth-order valence-corrected chi connectivity index (χ4v) is 12.8. The first-order chi connectivity index (χ1) is 47.6. The topological polar surface area (TPSA) is 457 Å². The number of hydrogen-bond donors (Lipinski definition) is 13. The van der Waals surface area contributed by atoms with E-state index in [1.54, 1.807) is 91.6 Å². The van der Waals surface area contributed by atoms with Crippen LogP contribution in [0.15, 0.2) is 54.6 Å². The van der Waals surface area contributed by atoms with E-state index in [2.05, 4.69) is 37.2 Å². The lowest BCUT2D eigenvalue weighted by Gasteiger charge is -2.41. The summed E-state index contributed by atoms with van der Waals surface area (Å²) in [7, 11) is 6.03. The zero-order valence-electron chi connectivity index (χ0n) is 61.0. The van der Waals surface area contributed by atoms with Crippen LogP contribution in [-0.2, 0) is 68.7 Å². The fourth-order valence-electron chi connectivity index (χ4n) is 12.8. The Morgan fingerprint density at radius 1 is 0.713 bits per heavy atom. The van der Waals surface area contributed by atoms with E-state index in [4.69, 9.17) is 36.1 Å². The molecule has 31 nitrogen and oxygen atoms in total. The quantitative estimate of drug-likeness (QED) is 0.0417. The van der Waals surface area contributed by atoms with E-state index in [9.17, 15) is 68.1 Å². The first-order valence-corrected chi connectivity index (χ1v) is 34.8. The van der Waals surface area contributed by atoms with Crippen molar-refractivity contribution in [2.24, 2.45) is 46.8 Å². The number of amides is 12. The average molecular weight is 1420 g/mol. The number of carbonyl (C=O) groups is 11. The minimum absolute atomic E-state index is 0.00548. The molecule has 4 rings (SSSR count). The van der Waals surface area contributed by atoms with Gasteiger partial charge in [0.15, 0.2) is 0 Å². The van der Waals surface area contributed by atoms with Crippen molar-refractivity contribution in [3.8, 4) is 0 Å². The molecule has 0 radical (unpaired) electrons. The summed E-state index contributed by atoms with van der Waals surface area (Å²) < 4.78 is 23.2. The van der Waals surface area contributed by atoms with E-state index < -0.39 is 168 Å². The van der Waals surface area contributed by atoms with E-state index >= 15 is 0 Å². The molecule has 101 heavy (non-hydrogen) atoms. The molecule has 0 saturated carbocycles. The highest BCUT2D eigenvalue weighted by atomic mass is 16.6.